The van der Waals surface area contributed by atoms with Crippen LogP contribution >= 0.6 is 0 Å². The second-order valence-electron chi connectivity index (χ2n) is 2.08. The highest BCUT2D eigenvalue weighted by Gasteiger charge is 1.93. The van der Waals surface area contributed by atoms with Crippen LogP contribution in [0.3, 0.4) is 0 Å². The van der Waals surface area contributed by atoms with Crippen molar-refractivity contribution < 1.29 is 14.6 Å². The van der Waals surface area contributed by atoms with Gasteiger partial charge in [0.05, 0.1) is 19.8 Å². The number of nitrogens with zero attached hydrogens (tertiary/aromatic N) is 1. The molecule has 0 aliphatic heterocycles. The third-order valence-electron chi connectivity index (χ3n) is 1.18. The minimum absolute atomic E-state index is 0.0424. The number of aliphatic hydroxyl groups excluding tert-OH is 1. The predicted molar refractivity (Wildman–Crippen MR) is 42.0 cm³/mol. The molecule has 0 radical (unpaired) electrons. The molecule has 5 heteroatoms. The highest BCUT2D eigenvalue weighted by atomic mass is 16.5. The molecule has 0 atom stereocenters. The second kappa shape index (κ2) is 5.56. The first-order chi connectivity index (χ1) is 5.93. The van der Waals surface area contributed by atoms with E-state index in [0.29, 0.717) is 25.8 Å². The fourth-order valence-corrected chi connectivity index (χ4v) is 0.694. The standard InChI is InChI=1S/C7H12N2O3/c10-3-4-11-5-6-12-7-8-1-2-9-7/h1-2,10H,3-6H2,(H,8,9). The maximum absolute atomic E-state index is 8.37. The third kappa shape index (κ3) is 3.36. The molecule has 1 aromatic heterocycles. The van der Waals surface area contributed by atoms with E-state index in [-0.39, 0.29) is 6.61 Å². The quantitative estimate of drug-likeness (QED) is 0.583. The monoisotopic (exact) mass is 172 g/mol. The molecule has 68 valence electrons. The zero-order chi connectivity index (χ0) is 8.65. The van der Waals surface area contributed by atoms with E-state index in [0.717, 1.165) is 0 Å². The number of H-pyrrole nitrogens is 1. The van der Waals surface area contributed by atoms with Crippen LogP contribution in [0, 0.1) is 0 Å². The largest absolute Gasteiger partial charge is 0.462 e. The fraction of sp³-hybridized carbons (Fsp3) is 0.571. The minimum atomic E-state index is 0.0424. The van der Waals surface area contributed by atoms with E-state index in [9.17, 15) is 0 Å². The normalized spacial score (nSPS) is 10.1. The average molecular weight is 172 g/mol. The SMILES string of the molecule is OCCOCCOc1ncc[nH]1. The zero-order valence-corrected chi connectivity index (χ0v) is 6.69. The summed E-state index contributed by atoms with van der Waals surface area (Å²) in [6.45, 7) is 1.29. The van der Waals surface area contributed by atoms with Gasteiger partial charge in [-0.1, -0.05) is 0 Å². The Morgan fingerprint density at radius 2 is 2.33 bits per heavy atom. The van der Waals surface area contributed by atoms with Crippen LogP contribution in [0.2, 0.25) is 0 Å². The number of ether oxygens (including phenoxy) is 2. The molecule has 0 aliphatic rings. The summed E-state index contributed by atoms with van der Waals surface area (Å²) in [4.78, 5) is 6.64. The van der Waals surface area contributed by atoms with Crippen molar-refractivity contribution >= 4 is 0 Å². The van der Waals surface area contributed by atoms with E-state index in [1.807, 2.05) is 0 Å². The molecule has 0 amide bonds. The summed E-state index contributed by atoms with van der Waals surface area (Å²) in [5, 5.41) is 8.37. The van der Waals surface area contributed by atoms with E-state index >= 15 is 0 Å². The van der Waals surface area contributed by atoms with Gasteiger partial charge < -0.3 is 19.6 Å². The number of nitrogens with one attached hydrogen (secondary N) is 1. The minimum Gasteiger partial charge on any atom is -0.462 e. The summed E-state index contributed by atoms with van der Waals surface area (Å²) in [6, 6.07) is 0.489. The summed E-state index contributed by atoms with van der Waals surface area (Å²) < 4.78 is 10.1. The fourth-order valence-electron chi connectivity index (χ4n) is 0.694. The first-order valence-corrected chi connectivity index (χ1v) is 3.74. The lowest BCUT2D eigenvalue weighted by Gasteiger charge is -2.02. The molecule has 5 nitrogen and oxygen atoms in total. The van der Waals surface area contributed by atoms with Gasteiger partial charge in [0.25, 0.3) is 6.01 Å². The molecule has 12 heavy (non-hydrogen) atoms. The van der Waals surface area contributed by atoms with Gasteiger partial charge in [-0.05, 0) is 0 Å². The van der Waals surface area contributed by atoms with Gasteiger partial charge in [-0.3, -0.25) is 0 Å². The van der Waals surface area contributed by atoms with Crippen LogP contribution in [0.25, 0.3) is 0 Å². The van der Waals surface area contributed by atoms with Gasteiger partial charge in [-0.25, -0.2) is 4.98 Å². The van der Waals surface area contributed by atoms with Gasteiger partial charge in [0.2, 0.25) is 0 Å². The van der Waals surface area contributed by atoms with Gasteiger partial charge in [-0.2, -0.15) is 0 Å². The number of hydrogen-bond donors (Lipinski definition) is 2. The molecule has 0 spiro atoms. The Bertz CT molecular complexity index is 189. The van der Waals surface area contributed by atoms with E-state index in [2.05, 4.69) is 9.97 Å². The van der Waals surface area contributed by atoms with Crippen LogP contribution in [-0.4, -0.2) is 41.5 Å². The summed E-state index contributed by atoms with van der Waals surface area (Å²) in [5.74, 6) is 0. The Morgan fingerprint density at radius 3 is 3.00 bits per heavy atom. The number of rotatable bonds is 6. The molecule has 2 N–H and O–H groups in total. The number of imidazole rings is 1. The molecule has 0 fully saturated rings. The van der Waals surface area contributed by atoms with Crippen molar-refractivity contribution in [3.63, 3.8) is 0 Å². The smallest absolute Gasteiger partial charge is 0.293 e. The molecule has 1 heterocycles. The van der Waals surface area contributed by atoms with Crippen molar-refractivity contribution in [2.45, 2.75) is 0 Å². The van der Waals surface area contributed by atoms with E-state index < -0.39 is 0 Å². The number of aromatic nitrogens is 2. The van der Waals surface area contributed by atoms with Crippen molar-refractivity contribution in [1.29, 1.82) is 0 Å². The Labute approximate surface area is 70.3 Å². The van der Waals surface area contributed by atoms with Crippen LogP contribution in [0.5, 0.6) is 6.01 Å². The molecule has 0 aromatic carbocycles. The van der Waals surface area contributed by atoms with Crippen LogP contribution in [0.15, 0.2) is 12.4 Å². The average Bonchev–Trinajstić information content (AvgIpc) is 2.57. The Balaban J connectivity index is 1.96. The summed E-state index contributed by atoms with van der Waals surface area (Å²) >= 11 is 0. The lowest BCUT2D eigenvalue weighted by atomic mass is 10.7. The van der Waals surface area contributed by atoms with Crippen LogP contribution in [-0.2, 0) is 4.74 Å². The van der Waals surface area contributed by atoms with Gasteiger partial charge >= 0.3 is 0 Å². The van der Waals surface area contributed by atoms with E-state index in [1.165, 1.54) is 0 Å². The molecular weight excluding hydrogens is 160 g/mol. The highest BCUT2D eigenvalue weighted by molar-refractivity contribution is 4.91. The molecule has 1 aromatic rings. The van der Waals surface area contributed by atoms with E-state index in [4.69, 9.17) is 14.6 Å². The maximum atomic E-state index is 8.37. The molecule has 1 rings (SSSR count). The van der Waals surface area contributed by atoms with Gasteiger partial charge in [-0.15, -0.1) is 0 Å². The van der Waals surface area contributed by atoms with Crippen LogP contribution in [0.1, 0.15) is 0 Å². The highest BCUT2D eigenvalue weighted by Crippen LogP contribution is 1.97. The molecule has 0 unspecified atom stereocenters. The predicted octanol–water partition coefficient (Wildman–Crippen LogP) is -0.203. The van der Waals surface area contributed by atoms with Crippen molar-refractivity contribution in [3.8, 4) is 6.01 Å². The van der Waals surface area contributed by atoms with Crippen molar-refractivity contribution in [2.24, 2.45) is 0 Å². The lowest BCUT2D eigenvalue weighted by Crippen LogP contribution is -2.09. The maximum Gasteiger partial charge on any atom is 0.293 e. The summed E-state index contributed by atoms with van der Waals surface area (Å²) in [5.41, 5.74) is 0. The Kier molecular flexibility index (Phi) is 4.18. The zero-order valence-electron chi connectivity index (χ0n) is 6.69. The third-order valence-corrected chi connectivity index (χ3v) is 1.18. The molecular formula is C7H12N2O3. The molecule has 0 saturated heterocycles. The van der Waals surface area contributed by atoms with Gasteiger partial charge in [0.15, 0.2) is 0 Å². The first-order valence-electron chi connectivity index (χ1n) is 3.74. The molecule has 0 aliphatic carbocycles. The van der Waals surface area contributed by atoms with Crippen molar-refractivity contribution in [3.05, 3.63) is 12.4 Å². The first kappa shape index (κ1) is 9.02. The Hall–Kier alpha value is -1.07. The topological polar surface area (TPSA) is 67.4 Å². The second-order valence-corrected chi connectivity index (χ2v) is 2.08. The Morgan fingerprint density at radius 1 is 1.42 bits per heavy atom. The summed E-state index contributed by atoms with van der Waals surface area (Å²) in [7, 11) is 0. The number of aromatic amines is 1. The van der Waals surface area contributed by atoms with Crippen molar-refractivity contribution in [2.75, 3.05) is 26.4 Å². The van der Waals surface area contributed by atoms with Gasteiger partial charge in [0, 0.05) is 12.4 Å². The van der Waals surface area contributed by atoms with Gasteiger partial charge in [0.1, 0.15) is 6.61 Å². The number of hydrogen-bond acceptors (Lipinski definition) is 4. The summed E-state index contributed by atoms with van der Waals surface area (Å²) in [6.07, 6.45) is 3.30. The van der Waals surface area contributed by atoms with Crippen LogP contribution in [0.4, 0.5) is 0 Å². The van der Waals surface area contributed by atoms with Crippen LogP contribution < -0.4 is 4.74 Å². The number of aliphatic hydroxyl groups is 1. The van der Waals surface area contributed by atoms with E-state index in [1.54, 1.807) is 12.4 Å². The molecule has 0 bridgehead atoms. The lowest BCUT2D eigenvalue weighted by molar-refractivity contribution is 0.0686. The molecule has 0 saturated carbocycles. The van der Waals surface area contributed by atoms with Crippen molar-refractivity contribution in [1.82, 2.24) is 9.97 Å².